The monoisotopic (exact) mass is 944 g/mol. The number of halogens is 1. The SMILES string of the molecule is CCc1cnn2c(NCc3ccc(OCC4CCN(CC5CCN(c6ncc(C(=O)N[C@H]7CC[C@H](Oc8ccc(C#N)c(Cl)c8)CC7)cn6)CC5)CC4)nc3)cc(N3CCCCC3CCO)nc12. The van der Waals surface area contributed by atoms with Crippen LogP contribution in [0, 0.1) is 23.2 Å². The molecule has 4 aromatic heterocycles. The zero-order valence-corrected chi connectivity index (χ0v) is 40.0. The molecule has 1 unspecified atom stereocenters. The third kappa shape index (κ3) is 11.7. The molecule has 1 amide bonds. The van der Waals surface area contributed by atoms with Gasteiger partial charge in [0.25, 0.3) is 5.91 Å². The van der Waals surface area contributed by atoms with Gasteiger partial charge in [-0.15, -0.1) is 0 Å². The number of aromatic nitrogens is 6. The van der Waals surface area contributed by atoms with Gasteiger partial charge in [0.1, 0.15) is 23.5 Å². The first-order valence-electron chi connectivity index (χ1n) is 24.9. The smallest absolute Gasteiger partial charge is 0.254 e. The number of aryl methyl sites for hydroxylation is 1. The van der Waals surface area contributed by atoms with Crippen LogP contribution < -0.4 is 29.9 Å². The molecule has 360 valence electrons. The molecule has 0 radical (unpaired) electrons. The van der Waals surface area contributed by atoms with Gasteiger partial charge in [-0.2, -0.15) is 14.9 Å². The van der Waals surface area contributed by atoms with E-state index in [0.717, 1.165) is 145 Å². The number of carbonyl (C=O) groups is 1. The van der Waals surface area contributed by atoms with Crippen molar-refractivity contribution in [2.24, 2.45) is 11.8 Å². The number of pyridine rings is 1. The number of ether oxygens (including phenoxy) is 2. The zero-order chi connectivity index (χ0) is 46.8. The number of benzene rings is 1. The normalized spacial score (nSPS) is 20.8. The molecule has 3 N–H and O–H groups in total. The third-order valence-electron chi connectivity index (χ3n) is 14.4. The molecular weight excluding hydrogens is 880 g/mol. The number of nitriles is 1. The molecule has 4 aliphatic rings. The first-order valence-corrected chi connectivity index (χ1v) is 25.2. The molecule has 68 heavy (non-hydrogen) atoms. The zero-order valence-electron chi connectivity index (χ0n) is 39.2. The average Bonchev–Trinajstić information content (AvgIpc) is 3.80. The van der Waals surface area contributed by atoms with Crippen molar-refractivity contribution in [3.63, 3.8) is 0 Å². The van der Waals surface area contributed by atoms with Crippen molar-refractivity contribution in [2.45, 2.75) is 115 Å². The summed E-state index contributed by atoms with van der Waals surface area (Å²) in [4.78, 5) is 39.3. The number of piperidine rings is 3. The number of likely N-dealkylation sites (tertiary alicyclic amines) is 1. The van der Waals surface area contributed by atoms with Crippen LogP contribution in [0.2, 0.25) is 5.02 Å². The summed E-state index contributed by atoms with van der Waals surface area (Å²) in [6, 6.07) is 13.7. The van der Waals surface area contributed by atoms with E-state index in [4.69, 9.17) is 31.3 Å². The summed E-state index contributed by atoms with van der Waals surface area (Å²) in [7, 11) is 0. The highest BCUT2D eigenvalue weighted by molar-refractivity contribution is 6.31. The van der Waals surface area contributed by atoms with Crippen LogP contribution in [-0.2, 0) is 13.0 Å². The van der Waals surface area contributed by atoms with E-state index < -0.39 is 0 Å². The van der Waals surface area contributed by atoms with E-state index in [2.05, 4.69) is 70.5 Å². The minimum Gasteiger partial charge on any atom is -0.490 e. The van der Waals surface area contributed by atoms with Crippen molar-refractivity contribution in [3.05, 3.63) is 88.5 Å². The van der Waals surface area contributed by atoms with Crippen LogP contribution >= 0.6 is 11.6 Å². The van der Waals surface area contributed by atoms with Crippen molar-refractivity contribution in [1.29, 1.82) is 5.26 Å². The fourth-order valence-electron chi connectivity index (χ4n) is 10.3. The minimum atomic E-state index is -0.148. The number of nitrogens with one attached hydrogen (secondary N) is 2. The Morgan fingerprint density at radius 3 is 2.41 bits per heavy atom. The molecular formula is C51H65ClN12O4. The van der Waals surface area contributed by atoms with E-state index in [1.54, 1.807) is 30.6 Å². The number of aliphatic hydroxyl groups is 1. The first-order chi connectivity index (χ1) is 33.3. The summed E-state index contributed by atoms with van der Waals surface area (Å²) < 4.78 is 14.2. The Kier molecular flexibility index (Phi) is 15.7. The second-order valence-corrected chi connectivity index (χ2v) is 19.5. The molecule has 3 aliphatic heterocycles. The van der Waals surface area contributed by atoms with E-state index in [-0.39, 0.29) is 30.7 Å². The second-order valence-electron chi connectivity index (χ2n) is 19.0. The number of fused-ring (bicyclic) bond motifs is 1. The van der Waals surface area contributed by atoms with Crippen molar-refractivity contribution in [2.75, 3.05) is 67.6 Å². The number of amides is 1. The van der Waals surface area contributed by atoms with Crippen LogP contribution in [0.5, 0.6) is 11.6 Å². The summed E-state index contributed by atoms with van der Waals surface area (Å²) in [6.07, 6.45) is 19.8. The number of carbonyl (C=O) groups excluding carboxylic acids is 1. The van der Waals surface area contributed by atoms with Gasteiger partial charge in [-0.25, -0.2) is 19.9 Å². The lowest BCUT2D eigenvalue weighted by Gasteiger charge is -2.37. The van der Waals surface area contributed by atoms with E-state index in [1.165, 1.54) is 6.42 Å². The summed E-state index contributed by atoms with van der Waals surface area (Å²) in [5, 5.41) is 30.7. The van der Waals surface area contributed by atoms with E-state index in [1.807, 2.05) is 23.0 Å². The van der Waals surface area contributed by atoms with Gasteiger partial charge in [0.15, 0.2) is 5.65 Å². The summed E-state index contributed by atoms with van der Waals surface area (Å²) in [5.41, 5.74) is 3.95. The molecule has 1 aromatic carbocycles. The second kappa shape index (κ2) is 22.6. The topological polar surface area (TPSA) is 182 Å². The Labute approximate surface area is 404 Å². The van der Waals surface area contributed by atoms with Crippen molar-refractivity contribution in [3.8, 4) is 17.7 Å². The lowest BCUT2D eigenvalue weighted by Crippen LogP contribution is -2.42. The third-order valence-corrected chi connectivity index (χ3v) is 14.7. The number of hydrogen-bond acceptors (Lipinski definition) is 14. The Bertz CT molecular complexity index is 2470. The van der Waals surface area contributed by atoms with E-state index >= 15 is 0 Å². The maximum atomic E-state index is 13.1. The summed E-state index contributed by atoms with van der Waals surface area (Å²) >= 11 is 6.17. The molecule has 7 heterocycles. The van der Waals surface area contributed by atoms with Crippen LogP contribution in [0.25, 0.3) is 5.65 Å². The molecule has 3 saturated heterocycles. The molecule has 0 bridgehead atoms. The van der Waals surface area contributed by atoms with Gasteiger partial charge in [0, 0.05) is 93.8 Å². The van der Waals surface area contributed by atoms with Crippen LogP contribution in [0.3, 0.4) is 0 Å². The van der Waals surface area contributed by atoms with Crippen LogP contribution in [0.15, 0.2) is 61.2 Å². The van der Waals surface area contributed by atoms with Crippen LogP contribution in [-0.4, -0.2) is 116 Å². The van der Waals surface area contributed by atoms with Gasteiger partial charge in [-0.3, -0.25) is 4.79 Å². The maximum absolute atomic E-state index is 13.1. The number of anilines is 3. The standard InChI is InChI=1S/C51H65ClN12O4/c1-2-38-32-58-64-46(26-47(60-49(38)64)63-19-4-3-5-42(63)18-24-65)54-28-37-6-13-48(55-29-37)67-34-36-14-20-61(21-15-36)33-35-16-22-62(23-17-35)51-56-30-40(31-57-51)50(66)59-41-8-11-43(12-9-41)68-44-10-7-39(27-53)45(52)25-44/h6-7,10,13,25-26,29-32,35-36,41-43,54,65H,2-5,8-9,11-12,14-24,28,33-34H2,1H3,(H,59,66)/t41-,42?,43-. The summed E-state index contributed by atoms with van der Waals surface area (Å²) in [5.74, 6) is 4.84. The lowest BCUT2D eigenvalue weighted by atomic mass is 9.92. The quantitative estimate of drug-likeness (QED) is 0.0834. The highest BCUT2D eigenvalue weighted by Gasteiger charge is 2.29. The predicted octanol–water partition coefficient (Wildman–Crippen LogP) is 7.48. The van der Waals surface area contributed by atoms with E-state index in [9.17, 15) is 9.90 Å². The number of nitrogens with zero attached hydrogens (tertiary/aromatic N) is 10. The van der Waals surface area contributed by atoms with Crippen molar-refractivity contribution in [1.82, 2.24) is 39.8 Å². The number of hydrogen-bond donors (Lipinski definition) is 3. The van der Waals surface area contributed by atoms with Crippen molar-refractivity contribution >= 4 is 40.7 Å². The molecule has 5 aromatic rings. The fourth-order valence-corrected chi connectivity index (χ4v) is 10.5. The predicted molar refractivity (Wildman–Crippen MR) is 263 cm³/mol. The minimum absolute atomic E-state index is 0.0401. The van der Waals surface area contributed by atoms with Gasteiger partial charge in [-0.05, 0) is 126 Å². The number of rotatable bonds is 17. The van der Waals surface area contributed by atoms with Gasteiger partial charge >= 0.3 is 0 Å². The molecule has 1 saturated carbocycles. The molecule has 9 rings (SSSR count). The Morgan fingerprint density at radius 2 is 1.69 bits per heavy atom. The lowest BCUT2D eigenvalue weighted by molar-refractivity contribution is 0.0893. The van der Waals surface area contributed by atoms with Gasteiger partial charge < -0.3 is 39.9 Å². The van der Waals surface area contributed by atoms with Crippen molar-refractivity contribution < 1.29 is 19.4 Å². The van der Waals surface area contributed by atoms with Gasteiger partial charge in [0.05, 0.1) is 35.1 Å². The molecule has 4 fully saturated rings. The van der Waals surface area contributed by atoms with Crippen LogP contribution in [0.4, 0.5) is 17.6 Å². The Hall–Kier alpha value is -5.76. The average molecular weight is 946 g/mol. The van der Waals surface area contributed by atoms with Crippen LogP contribution in [0.1, 0.15) is 111 Å². The largest absolute Gasteiger partial charge is 0.490 e. The highest BCUT2D eigenvalue weighted by atomic mass is 35.5. The number of aliphatic hydroxyl groups excluding tert-OH is 1. The highest BCUT2D eigenvalue weighted by Crippen LogP contribution is 2.31. The van der Waals surface area contributed by atoms with Gasteiger partial charge in [-0.1, -0.05) is 24.6 Å². The molecule has 1 atom stereocenters. The molecule has 0 spiro atoms. The summed E-state index contributed by atoms with van der Waals surface area (Å²) in [6.45, 7) is 9.63. The van der Waals surface area contributed by atoms with Gasteiger partial charge in [0.2, 0.25) is 11.8 Å². The Balaban J connectivity index is 0.663. The molecule has 16 nitrogen and oxygen atoms in total. The molecule has 17 heteroatoms. The fraction of sp³-hybridized carbons (Fsp3) is 0.549. The first kappa shape index (κ1) is 47.3. The molecule has 1 aliphatic carbocycles. The maximum Gasteiger partial charge on any atom is 0.254 e. The van der Waals surface area contributed by atoms with E-state index in [0.29, 0.717) is 58.7 Å². The Morgan fingerprint density at radius 1 is 0.897 bits per heavy atom.